The standard InChI is InChI=1S/C17H17N3O2/c1-11(2)20-15-9-8-13(17(21)19-22)10-14(15)18-16(20)12-6-4-3-5-7-12/h3-11,22H,1-2H3,(H,19,21). The van der Waals surface area contributed by atoms with Gasteiger partial charge in [-0.3, -0.25) is 10.0 Å². The van der Waals surface area contributed by atoms with E-state index in [1.165, 1.54) is 0 Å². The molecule has 1 amide bonds. The Labute approximate surface area is 128 Å². The molecular formula is C17H17N3O2. The van der Waals surface area contributed by atoms with Gasteiger partial charge in [0, 0.05) is 17.2 Å². The first-order chi connectivity index (χ1) is 10.6. The maximum absolute atomic E-state index is 11.6. The van der Waals surface area contributed by atoms with Crippen molar-refractivity contribution < 1.29 is 10.0 Å². The minimum absolute atomic E-state index is 0.234. The molecule has 0 bridgehead atoms. The number of hydroxylamine groups is 1. The van der Waals surface area contributed by atoms with Gasteiger partial charge >= 0.3 is 0 Å². The summed E-state index contributed by atoms with van der Waals surface area (Å²) in [4.78, 5) is 16.2. The van der Waals surface area contributed by atoms with Crippen LogP contribution in [-0.4, -0.2) is 20.7 Å². The van der Waals surface area contributed by atoms with Crippen LogP contribution in [0.3, 0.4) is 0 Å². The fourth-order valence-electron chi connectivity index (χ4n) is 2.62. The van der Waals surface area contributed by atoms with E-state index in [-0.39, 0.29) is 6.04 Å². The maximum Gasteiger partial charge on any atom is 0.274 e. The molecule has 0 atom stereocenters. The summed E-state index contributed by atoms with van der Waals surface area (Å²) in [6, 6.07) is 15.4. The molecule has 1 heterocycles. The Kier molecular flexibility index (Phi) is 3.65. The second kappa shape index (κ2) is 5.61. The molecule has 112 valence electrons. The number of hydrogen-bond donors (Lipinski definition) is 2. The quantitative estimate of drug-likeness (QED) is 0.575. The zero-order valence-corrected chi connectivity index (χ0v) is 12.4. The summed E-state index contributed by atoms with van der Waals surface area (Å²) in [6.45, 7) is 4.20. The summed E-state index contributed by atoms with van der Waals surface area (Å²) in [5, 5.41) is 8.76. The highest BCUT2D eigenvalue weighted by molar-refractivity contribution is 5.97. The average Bonchev–Trinajstić information content (AvgIpc) is 2.93. The van der Waals surface area contributed by atoms with Gasteiger partial charge in [-0.05, 0) is 32.0 Å². The number of rotatable bonds is 3. The Hall–Kier alpha value is -2.66. The number of carbonyl (C=O) groups is 1. The largest absolute Gasteiger partial charge is 0.321 e. The van der Waals surface area contributed by atoms with Crippen molar-refractivity contribution in [2.24, 2.45) is 0 Å². The fourth-order valence-corrected chi connectivity index (χ4v) is 2.62. The minimum Gasteiger partial charge on any atom is -0.321 e. The van der Waals surface area contributed by atoms with E-state index in [1.54, 1.807) is 17.6 Å². The summed E-state index contributed by atoms with van der Waals surface area (Å²) in [5.74, 6) is 0.328. The summed E-state index contributed by atoms with van der Waals surface area (Å²) >= 11 is 0. The molecule has 3 aromatic rings. The van der Waals surface area contributed by atoms with Crippen molar-refractivity contribution in [1.29, 1.82) is 0 Å². The van der Waals surface area contributed by atoms with Crippen molar-refractivity contribution in [3.8, 4) is 11.4 Å². The number of nitrogens with zero attached hydrogens (tertiary/aromatic N) is 2. The SMILES string of the molecule is CC(C)n1c(-c2ccccc2)nc2cc(C(=O)NO)ccc21. The van der Waals surface area contributed by atoms with E-state index in [2.05, 4.69) is 23.4 Å². The molecule has 5 nitrogen and oxygen atoms in total. The number of hydrogen-bond acceptors (Lipinski definition) is 3. The van der Waals surface area contributed by atoms with Gasteiger partial charge in [-0.25, -0.2) is 10.5 Å². The fraction of sp³-hybridized carbons (Fsp3) is 0.176. The van der Waals surface area contributed by atoms with Crippen LogP contribution in [0.15, 0.2) is 48.5 Å². The van der Waals surface area contributed by atoms with E-state index < -0.39 is 5.91 Å². The van der Waals surface area contributed by atoms with E-state index in [4.69, 9.17) is 5.21 Å². The smallest absolute Gasteiger partial charge is 0.274 e. The third-order valence-electron chi connectivity index (χ3n) is 3.60. The lowest BCUT2D eigenvalue weighted by Gasteiger charge is -2.13. The van der Waals surface area contributed by atoms with Gasteiger partial charge in [0.15, 0.2) is 0 Å². The van der Waals surface area contributed by atoms with Gasteiger partial charge in [0.1, 0.15) is 5.82 Å². The van der Waals surface area contributed by atoms with Crippen molar-refractivity contribution in [2.75, 3.05) is 0 Å². The number of benzene rings is 2. The zero-order chi connectivity index (χ0) is 15.7. The lowest BCUT2D eigenvalue weighted by Crippen LogP contribution is -2.18. The average molecular weight is 295 g/mol. The van der Waals surface area contributed by atoms with E-state index in [0.717, 1.165) is 22.4 Å². The van der Waals surface area contributed by atoms with Crippen molar-refractivity contribution >= 4 is 16.9 Å². The van der Waals surface area contributed by atoms with Crippen LogP contribution in [-0.2, 0) is 0 Å². The molecular weight excluding hydrogens is 278 g/mol. The molecule has 2 N–H and O–H groups in total. The first kappa shape index (κ1) is 14.3. The molecule has 0 saturated heterocycles. The molecule has 5 heteroatoms. The topological polar surface area (TPSA) is 67.2 Å². The second-order valence-electron chi connectivity index (χ2n) is 5.41. The molecule has 0 aliphatic carbocycles. The van der Waals surface area contributed by atoms with Crippen LogP contribution in [0.5, 0.6) is 0 Å². The van der Waals surface area contributed by atoms with E-state index in [9.17, 15) is 4.79 Å². The van der Waals surface area contributed by atoms with Crippen molar-refractivity contribution in [2.45, 2.75) is 19.9 Å². The summed E-state index contributed by atoms with van der Waals surface area (Å²) in [5.41, 5.74) is 4.75. The van der Waals surface area contributed by atoms with Gasteiger partial charge in [-0.2, -0.15) is 0 Å². The van der Waals surface area contributed by atoms with Crippen LogP contribution in [0.25, 0.3) is 22.4 Å². The number of nitrogens with one attached hydrogen (secondary N) is 1. The number of fused-ring (bicyclic) bond motifs is 1. The number of aromatic nitrogens is 2. The van der Waals surface area contributed by atoms with Crippen LogP contribution >= 0.6 is 0 Å². The van der Waals surface area contributed by atoms with Gasteiger partial charge in [0.25, 0.3) is 5.91 Å². The van der Waals surface area contributed by atoms with E-state index >= 15 is 0 Å². The number of amides is 1. The molecule has 2 aromatic carbocycles. The Bertz CT molecular complexity index is 823. The summed E-state index contributed by atoms with van der Waals surface area (Å²) < 4.78 is 2.14. The Morgan fingerprint density at radius 3 is 2.55 bits per heavy atom. The molecule has 3 rings (SSSR count). The van der Waals surface area contributed by atoms with Crippen LogP contribution in [0, 0.1) is 0 Å². The Morgan fingerprint density at radius 1 is 1.18 bits per heavy atom. The lowest BCUT2D eigenvalue weighted by molar-refractivity contribution is 0.0706. The van der Waals surface area contributed by atoms with Crippen LogP contribution < -0.4 is 5.48 Å². The molecule has 0 aliphatic rings. The van der Waals surface area contributed by atoms with Crippen molar-refractivity contribution in [3.63, 3.8) is 0 Å². The van der Waals surface area contributed by atoms with Crippen LogP contribution in [0.1, 0.15) is 30.2 Å². The second-order valence-corrected chi connectivity index (χ2v) is 5.41. The monoisotopic (exact) mass is 295 g/mol. The lowest BCUT2D eigenvalue weighted by atomic mass is 10.2. The normalized spacial score (nSPS) is 11.1. The molecule has 0 unspecified atom stereocenters. The van der Waals surface area contributed by atoms with Gasteiger partial charge in [-0.1, -0.05) is 30.3 Å². The molecule has 0 spiro atoms. The first-order valence-electron chi connectivity index (χ1n) is 7.13. The molecule has 0 aliphatic heterocycles. The maximum atomic E-state index is 11.6. The van der Waals surface area contributed by atoms with Gasteiger partial charge in [0.2, 0.25) is 0 Å². The highest BCUT2D eigenvalue weighted by Gasteiger charge is 2.16. The summed E-state index contributed by atoms with van der Waals surface area (Å²) in [6.07, 6.45) is 0. The predicted octanol–water partition coefficient (Wildman–Crippen LogP) is 3.40. The molecule has 0 radical (unpaired) electrons. The van der Waals surface area contributed by atoms with Crippen LogP contribution in [0.4, 0.5) is 0 Å². The van der Waals surface area contributed by atoms with E-state index in [1.807, 2.05) is 36.4 Å². The molecule has 0 saturated carbocycles. The highest BCUT2D eigenvalue weighted by atomic mass is 16.5. The van der Waals surface area contributed by atoms with Crippen molar-refractivity contribution in [3.05, 3.63) is 54.1 Å². The Balaban J connectivity index is 2.24. The predicted molar refractivity (Wildman–Crippen MR) is 84.8 cm³/mol. The molecule has 22 heavy (non-hydrogen) atoms. The van der Waals surface area contributed by atoms with Crippen LogP contribution in [0.2, 0.25) is 0 Å². The van der Waals surface area contributed by atoms with E-state index in [0.29, 0.717) is 5.56 Å². The molecule has 0 fully saturated rings. The molecule has 1 aromatic heterocycles. The third kappa shape index (κ3) is 2.35. The van der Waals surface area contributed by atoms with Gasteiger partial charge < -0.3 is 4.57 Å². The van der Waals surface area contributed by atoms with Gasteiger partial charge in [-0.15, -0.1) is 0 Å². The first-order valence-corrected chi connectivity index (χ1v) is 7.13. The number of imidazole rings is 1. The van der Waals surface area contributed by atoms with Crippen molar-refractivity contribution in [1.82, 2.24) is 15.0 Å². The third-order valence-corrected chi connectivity index (χ3v) is 3.60. The minimum atomic E-state index is -0.540. The van der Waals surface area contributed by atoms with Gasteiger partial charge in [0.05, 0.1) is 11.0 Å². The highest BCUT2D eigenvalue weighted by Crippen LogP contribution is 2.28. The Morgan fingerprint density at radius 2 is 1.91 bits per heavy atom. The summed E-state index contributed by atoms with van der Waals surface area (Å²) in [7, 11) is 0. The number of carbonyl (C=O) groups excluding carboxylic acids is 1. The zero-order valence-electron chi connectivity index (χ0n) is 12.4.